The lowest BCUT2D eigenvalue weighted by atomic mass is 10.1. The van der Waals surface area contributed by atoms with Crippen LogP contribution in [0.5, 0.6) is 0 Å². The van der Waals surface area contributed by atoms with Gasteiger partial charge in [-0.2, -0.15) is 5.26 Å². The van der Waals surface area contributed by atoms with E-state index in [-0.39, 0.29) is 0 Å². The molecule has 14 heavy (non-hydrogen) atoms. The summed E-state index contributed by atoms with van der Waals surface area (Å²) in [5.74, 6) is 0. The van der Waals surface area contributed by atoms with Crippen LogP contribution in [0.2, 0.25) is 10.0 Å². The van der Waals surface area contributed by atoms with Crippen LogP contribution in [-0.4, -0.2) is 7.05 Å². The monoisotopic (exact) mass is 226 g/mol. The Morgan fingerprint density at radius 1 is 1.43 bits per heavy atom. The summed E-state index contributed by atoms with van der Waals surface area (Å²) in [6, 6.07) is 7.16. The normalized spacial score (nSPS) is 10.9. The molecule has 0 amide bonds. The first kappa shape index (κ1) is 10.9. The molecule has 0 fully saturated rings. The number of hydrogen-bond donors (Lipinski definition) is 1. The fourth-order valence-corrected chi connectivity index (χ4v) is 1.33. The van der Waals surface area contributed by atoms with Gasteiger partial charge in [0.1, 0.15) is 0 Å². The van der Waals surface area contributed by atoms with Crippen LogP contribution in [-0.2, 0) is 0 Å². The number of nitrogens with zero attached hydrogens (tertiary/aromatic N) is 1. The van der Waals surface area contributed by atoms with Crippen LogP contribution in [0.1, 0.15) is 5.56 Å². The van der Waals surface area contributed by atoms with E-state index < -0.39 is 0 Å². The number of rotatable bonds is 2. The van der Waals surface area contributed by atoms with Gasteiger partial charge >= 0.3 is 0 Å². The third-order valence-corrected chi connectivity index (χ3v) is 2.45. The molecule has 0 aliphatic heterocycles. The van der Waals surface area contributed by atoms with Gasteiger partial charge in [0.05, 0.1) is 21.8 Å². The minimum Gasteiger partial charge on any atom is -0.387 e. The first-order valence-electron chi connectivity index (χ1n) is 3.92. The van der Waals surface area contributed by atoms with E-state index in [2.05, 4.69) is 5.32 Å². The van der Waals surface area contributed by atoms with Gasteiger partial charge in [-0.25, -0.2) is 0 Å². The first-order valence-corrected chi connectivity index (χ1v) is 4.67. The fourth-order valence-electron chi connectivity index (χ4n) is 1.03. The Morgan fingerprint density at radius 3 is 2.64 bits per heavy atom. The van der Waals surface area contributed by atoms with Crippen molar-refractivity contribution in [1.29, 1.82) is 5.26 Å². The van der Waals surface area contributed by atoms with Crippen molar-refractivity contribution in [3.63, 3.8) is 0 Å². The highest BCUT2D eigenvalue weighted by molar-refractivity contribution is 6.42. The Labute approximate surface area is 92.8 Å². The van der Waals surface area contributed by atoms with Crippen LogP contribution in [0.15, 0.2) is 24.3 Å². The van der Waals surface area contributed by atoms with Crippen LogP contribution in [0.4, 0.5) is 0 Å². The molecule has 0 unspecified atom stereocenters. The molecule has 0 saturated carbocycles. The van der Waals surface area contributed by atoms with Crippen molar-refractivity contribution in [2.75, 3.05) is 7.05 Å². The van der Waals surface area contributed by atoms with Crippen molar-refractivity contribution < 1.29 is 0 Å². The molecule has 0 saturated heterocycles. The summed E-state index contributed by atoms with van der Waals surface area (Å²) in [5.41, 5.74) is 1.55. The van der Waals surface area contributed by atoms with E-state index in [9.17, 15) is 0 Å². The quantitative estimate of drug-likeness (QED) is 0.788. The molecular formula is C10H8Cl2N2. The van der Waals surface area contributed by atoms with E-state index in [1.54, 1.807) is 25.2 Å². The standard InChI is InChI=1S/C10H8Cl2N2/c1-14-10(4-5-13)7-2-3-8(11)9(12)6-7/h2-4,6,14H,1H3. The lowest BCUT2D eigenvalue weighted by Gasteiger charge is -2.06. The van der Waals surface area contributed by atoms with Gasteiger partial charge in [-0.3, -0.25) is 0 Å². The van der Waals surface area contributed by atoms with Gasteiger partial charge in [0.25, 0.3) is 0 Å². The second kappa shape index (κ2) is 4.90. The maximum atomic E-state index is 8.53. The smallest absolute Gasteiger partial charge is 0.0933 e. The van der Waals surface area contributed by atoms with Crippen LogP contribution < -0.4 is 5.32 Å². The summed E-state index contributed by atoms with van der Waals surface area (Å²) in [6.07, 6.45) is 1.42. The van der Waals surface area contributed by atoms with Gasteiger partial charge in [-0.1, -0.05) is 29.3 Å². The Morgan fingerprint density at radius 2 is 2.14 bits per heavy atom. The number of hydrogen-bond acceptors (Lipinski definition) is 2. The summed E-state index contributed by atoms with van der Waals surface area (Å²) < 4.78 is 0. The Balaban J connectivity index is 3.14. The van der Waals surface area contributed by atoms with E-state index in [0.717, 1.165) is 5.56 Å². The van der Waals surface area contributed by atoms with Gasteiger partial charge in [0.2, 0.25) is 0 Å². The van der Waals surface area contributed by atoms with Gasteiger partial charge in [-0.05, 0) is 17.7 Å². The summed E-state index contributed by atoms with van der Waals surface area (Å²) in [4.78, 5) is 0. The summed E-state index contributed by atoms with van der Waals surface area (Å²) >= 11 is 11.6. The zero-order valence-corrected chi connectivity index (χ0v) is 9.02. The van der Waals surface area contributed by atoms with Gasteiger partial charge < -0.3 is 5.32 Å². The average Bonchev–Trinajstić information content (AvgIpc) is 2.19. The summed E-state index contributed by atoms with van der Waals surface area (Å²) in [5, 5.41) is 12.4. The lowest BCUT2D eigenvalue weighted by molar-refractivity contribution is 1.13. The van der Waals surface area contributed by atoms with E-state index in [1.807, 2.05) is 6.07 Å². The SMILES string of the molecule is CNC(=CC#N)c1ccc(Cl)c(Cl)c1. The van der Waals surface area contributed by atoms with E-state index in [1.165, 1.54) is 6.08 Å². The van der Waals surface area contributed by atoms with Gasteiger partial charge in [0.15, 0.2) is 0 Å². The zero-order valence-electron chi connectivity index (χ0n) is 7.51. The molecule has 0 spiro atoms. The van der Waals surface area contributed by atoms with Crippen LogP contribution in [0.25, 0.3) is 5.70 Å². The summed E-state index contributed by atoms with van der Waals surface area (Å²) in [6.45, 7) is 0. The van der Waals surface area contributed by atoms with Crippen molar-refractivity contribution in [2.45, 2.75) is 0 Å². The molecule has 1 aromatic carbocycles. The maximum Gasteiger partial charge on any atom is 0.0933 e. The number of nitrogens with one attached hydrogen (secondary N) is 1. The van der Waals surface area contributed by atoms with E-state index >= 15 is 0 Å². The number of halogens is 2. The largest absolute Gasteiger partial charge is 0.387 e. The molecule has 1 aromatic rings. The molecule has 0 atom stereocenters. The molecule has 1 rings (SSSR count). The van der Waals surface area contributed by atoms with E-state index in [0.29, 0.717) is 15.7 Å². The van der Waals surface area contributed by atoms with E-state index in [4.69, 9.17) is 28.5 Å². The van der Waals surface area contributed by atoms with Crippen molar-refractivity contribution >= 4 is 28.9 Å². The number of allylic oxidation sites excluding steroid dienone is 1. The topological polar surface area (TPSA) is 35.8 Å². The van der Waals surface area contributed by atoms with Gasteiger partial charge in [0, 0.05) is 13.1 Å². The van der Waals surface area contributed by atoms with Crippen molar-refractivity contribution in [3.8, 4) is 6.07 Å². The van der Waals surface area contributed by atoms with Crippen LogP contribution in [0, 0.1) is 11.3 Å². The molecule has 0 aliphatic carbocycles. The third-order valence-electron chi connectivity index (χ3n) is 1.71. The molecule has 0 radical (unpaired) electrons. The predicted molar refractivity (Wildman–Crippen MR) is 59.1 cm³/mol. The molecule has 1 N–H and O–H groups in total. The van der Waals surface area contributed by atoms with Crippen molar-refractivity contribution in [2.24, 2.45) is 0 Å². The van der Waals surface area contributed by atoms with Crippen molar-refractivity contribution in [3.05, 3.63) is 39.9 Å². The second-order valence-corrected chi connectivity index (χ2v) is 3.38. The third kappa shape index (κ3) is 2.41. The Hall–Kier alpha value is -1.17. The molecular weight excluding hydrogens is 219 g/mol. The predicted octanol–water partition coefficient (Wildman–Crippen LogP) is 3.08. The number of nitriles is 1. The number of benzene rings is 1. The highest BCUT2D eigenvalue weighted by Crippen LogP contribution is 2.24. The highest BCUT2D eigenvalue weighted by atomic mass is 35.5. The minimum absolute atomic E-state index is 0.475. The molecule has 0 bridgehead atoms. The molecule has 4 heteroatoms. The lowest BCUT2D eigenvalue weighted by Crippen LogP contribution is -2.04. The minimum atomic E-state index is 0.475. The molecule has 0 aliphatic rings. The first-order chi connectivity index (χ1) is 6.69. The zero-order chi connectivity index (χ0) is 10.6. The Kier molecular flexibility index (Phi) is 3.82. The average molecular weight is 227 g/mol. The molecule has 2 nitrogen and oxygen atoms in total. The molecule has 72 valence electrons. The van der Waals surface area contributed by atoms with Crippen molar-refractivity contribution in [1.82, 2.24) is 5.32 Å². The molecule has 0 aromatic heterocycles. The molecule has 0 heterocycles. The highest BCUT2D eigenvalue weighted by Gasteiger charge is 2.02. The van der Waals surface area contributed by atoms with Gasteiger partial charge in [-0.15, -0.1) is 0 Å². The second-order valence-electron chi connectivity index (χ2n) is 2.57. The van der Waals surface area contributed by atoms with Crippen LogP contribution in [0.3, 0.4) is 0 Å². The fraction of sp³-hybridized carbons (Fsp3) is 0.100. The maximum absolute atomic E-state index is 8.53. The summed E-state index contributed by atoms with van der Waals surface area (Å²) in [7, 11) is 1.74. The van der Waals surface area contributed by atoms with Crippen LogP contribution >= 0.6 is 23.2 Å². The Bertz CT molecular complexity index is 405.